The second-order valence-corrected chi connectivity index (χ2v) is 5.23. The fourth-order valence-electron chi connectivity index (χ4n) is 5.53. The number of hydrogen-bond donors (Lipinski definition) is 0. The van der Waals surface area contributed by atoms with Crippen LogP contribution in [0.2, 0.25) is 0 Å². The largest absolute Gasteiger partial charge is 0.299 e. The van der Waals surface area contributed by atoms with Gasteiger partial charge in [0.25, 0.3) is 0 Å². The van der Waals surface area contributed by atoms with Crippen LogP contribution in [0.4, 0.5) is 0 Å². The lowest BCUT2D eigenvalue weighted by Crippen LogP contribution is -2.12. The Kier molecular flexibility index (Phi) is 0.391. The average molecular weight is 157 g/mol. The first-order valence-corrected chi connectivity index (χ1v) is 4.79. The summed E-state index contributed by atoms with van der Waals surface area (Å²) in [5.74, 6) is 4.43. The fourth-order valence-corrected chi connectivity index (χ4v) is 5.53. The Morgan fingerprint density at radius 1 is 1.17 bits per heavy atom. The van der Waals surface area contributed by atoms with Crippen LogP contribution < -0.4 is 0 Å². The molecule has 0 radical (unpaired) electrons. The molecule has 0 aromatic heterocycles. The molecule has 6 aliphatic rings. The van der Waals surface area contributed by atoms with Gasteiger partial charge in [-0.3, -0.25) is 4.79 Å². The SMILES string of the molecule is N#CC12C3C4C5C(=O)C(C43)C1C52. The number of carbonyl (C=O) groups excluding carboxylic acids is 1. The number of ketones is 1. The first-order valence-electron chi connectivity index (χ1n) is 4.79. The van der Waals surface area contributed by atoms with Gasteiger partial charge in [-0.25, -0.2) is 0 Å². The summed E-state index contributed by atoms with van der Waals surface area (Å²) in [6, 6.07) is 2.53. The minimum Gasteiger partial charge on any atom is -0.299 e. The molecule has 6 aliphatic carbocycles. The number of nitriles is 1. The number of rotatable bonds is 0. The predicted molar refractivity (Wildman–Crippen MR) is 37.5 cm³/mol. The van der Waals surface area contributed by atoms with Gasteiger partial charge in [-0.1, -0.05) is 0 Å². The Bertz CT molecular complexity index is 381. The zero-order chi connectivity index (χ0) is 7.83. The van der Waals surface area contributed by atoms with Crippen molar-refractivity contribution in [2.24, 2.45) is 46.8 Å². The molecule has 2 bridgehead atoms. The van der Waals surface area contributed by atoms with E-state index in [0.717, 1.165) is 0 Å². The lowest BCUT2D eigenvalue weighted by molar-refractivity contribution is -0.123. The van der Waals surface area contributed by atoms with Crippen LogP contribution in [0.1, 0.15) is 0 Å². The highest BCUT2D eigenvalue weighted by Gasteiger charge is 3.01. The number of Topliss-reactive ketones (excluding diaryl/α,β-unsaturated/α-hetero) is 1. The van der Waals surface area contributed by atoms with E-state index in [1.165, 1.54) is 0 Å². The normalized spacial score (nSPS) is 82.6. The van der Waals surface area contributed by atoms with Gasteiger partial charge in [-0.15, -0.1) is 0 Å². The highest BCUT2D eigenvalue weighted by Crippen LogP contribution is 2.98. The van der Waals surface area contributed by atoms with Crippen molar-refractivity contribution in [1.29, 1.82) is 5.26 Å². The van der Waals surface area contributed by atoms with E-state index in [0.29, 0.717) is 47.2 Å². The summed E-state index contributed by atoms with van der Waals surface area (Å²) in [7, 11) is 0. The molecule has 0 N–H and O–H groups in total. The van der Waals surface area contributed by atoms with Crippen LogP contribution in [0.3, 0.4) is 0 Å². The lowest BCUT2D eigenvalue weighted by Gasteiger charge is -2.00. The molecule has 2 nitrogen and oxygen atoms in total. The molecule has 0 aromatic rings. The number of hydrogen-bond acceptors (Lipinski definition) is 2. The highest BCUT2D eigenvalue weighted by molar-refractivity contribution is 5.96. The summed E-state index contributed by atoms with van der Waals surface area (Å²) < 4.78 is 0. The van der Waals surface area contributed by atoms with Crippen molar-refractivity contribution in [3.05, 3.63) is 0 Å². The monoisotopic (exact) mass is 157 g/mol. The molecular formula is C10H7NO. The van der Waals surface area contributed by atoms with Crippen molar-refractivity contribution < 1.29 is 4.79 Å². The molecule has 2 heteroatoms. The van der Waals surface area contributed by atoms with Crippen LogP contribution in [-0.4, -0.2) is 5.78 Å². The topological polar surface area (TPSA) is 40.9 Å². The second kappa shape index (κ2) is 0.937. The van der Waals surface area contributed by atoms with E-state index in [1.807, 2.05) is 0 Å². The molecule has 0 spiro atoms. The maximum atomic E-state index is 11.6. The molecule has 0 aromatic carbocycles. The van der Waals surface area contributed by atoms with E-state index in [-0.39, 0.29) is 5.41 Å². The van der Waals surface area contributed by atoms with Crippen molar-refractivity contribution in [3.8, 4) is 6.07 Å². The summed E-state index contributed by atoms with van der Waals surface area (Å²) in [5.41, 5.74) is 0.0541. The molecule has 0 amide bonds. The van der Waals surface area contributed by atoms with E-state index in [2.05, 4.69) is 6.07 Å². The van der Waals surface area contributed by atoms with Gasteiger partial charge >= 0.3 is 0 Å². The van der Waals surface area contributed by atoms with Crippen LogP contribution in [0, 0.1) is 58.2 Å². The quantitative estimate of drug-likeness (QED) is 0.512. The predicted octanol–water partition coefficient (Wildman–Crippen LogP) is 0.447. The Hall–Kier alpha value is -0.840. The summed E-state index contributed by atoms with van der Waals surface area (Å²) in [6.45, 7) is 0. The van der Waals surface area contributed by atoms with Gasteiger partial charge in [0, 0.05) is 11.8 Å². The summed E-state index contributed by atoms with van der Waals surface area (Å²) in [4.78, 5) is 11.6. The minimum absolute atomic E-state index is 0.0541. The lowest BCUT2D eigenvalue weighted by atomic mass is 10.00. The van der Waals surface area contributed by atoms with E-state index in [1.54, 1.807) is 0 Å². The molecule has 6 fully saturated rings. The standard InChI is InChI=1S/C10H7NO/c11-1-10-6-2-3(6)5-8(10)7(10)4(2)9(5)12/h2-8H. The van der Waals surface area contributed by atoms with Gasteiger partial charge in [0.05, 0.1) is 11.5 Å². The molecule has 0 heterocycles. The Morgan fingerprint density at radius 2 is 1.75 bits per heavy atom. The number of carbonyl (C=O) groups is 1. The molecule has 0 saturated heterocycles. The Morgan fingerprint density at radius 3 is 2.08 bits per heavy atom. The number of nitrogens with zero attached hydrogens (tertiary/aromatic N) is 1. The highest BCUT2D eigenvalue weighted by atomic mass is 16.1. The van der Waals surface area contributed by atoms with Crippen LogP contribution in [0.15, 0.2) is 0 Å². The van der Waals surface area contributed by atoms with E-state index in [9.17, 15) is 4.79 Å². The average Bonchev–Trinajstić information content (AvgIpc) is 2.86. The zero-order valence-corrected chi connectivity index (χ0v) is 6.40. The van der Waals surface area contributed by atoms with Crippen LogP contribution in [0.25, 0.3) is 0 Å². The summed E-state index contributed by atoms with van der Waals surface area (Å²) in [5, 5.41) is 9.12. The molecule has 12 heavy (non-hydrogen) atoms. The van der Waals surface area contributed by atoms with E-state index >= 15 is 0 Å². The molecule has 58 valence electrons. The van der Waals surface area contributed by atoms with Crippen LogP contribution in [-0.2, 0) is 4.79 Å². The van der Waals surface area contributed by atoms with Gasteiger partial charge in [0.15, 0.2) is 0 Å². The van der Waals surface area contributed by atoms with Gasteiger partial charge in [0.1, 0.15) is 5.78 Å². The van der Waals surface area contributed by atoms with Crippen molar-refractivity contribution in [1.82, 2.24) is 0 Å². The summed E-state index contributed by atoms with van der Waals surface area (Å²) >= 11 is 0. The third-order valence-electron chi connectivity index (χ3n) is 5.52. The van der Waals surface area contributed by atoms with E-state index in [4.69, 9.17) is 5.26 Å². The minimum atomic E-state index is 0.0541. The van der Waals surface area contributed by atoms with Crippen molar-refractivity contribution >= 4 is 5.78 Å². The molecule has 6 saturated carbocycles. The van der Waals surface area contributed by atoms with Gasteiger partial charge in [-0.2, -0.15) is 5.26 Å². The smallest absolute Gasteiger partial charge is 0.140 e. The zero-order valence-electron chi connectivity index (χ0n) is 6.40. The van der Waals surface area contributed by atoms with Gasteiger partial charge in [-0.05, 0) is 29.6 Å². The maximum Gasteiger partial charge on any atom is 0.140 e. The van der Waals surface area contributed by atoms with Crippen LogP contribution in [0.5, 0.6) is 0 Å². The van der Waals surface area contributed by atoms with Crippen LogP contribution >= 0.6 is 0 Å². The molecule has 6 rings (SSSR count). The Labute approximate surface area is 69.5 Å². The second-order valence-electron chi connectivity index (χ2n) is 5.23. The van der Waals surface area contributed by atoms with E-state index < -0.39 is 0 Å². The third-order valence-corrected chi connectivity index (χ3v) is 5.52. The third kappa shape index (κ3) is 0.193. The van der Waals surface area contributed by atoms with Crippen molar-refractivity contribution in [2.75, 3.05) is 0 Å². The molecular weight excluding hydrogens is 150 g/mol. The first-order chi connectivity index (χ1) is 5.84. The Balaban J connectivity index is 1.91. The summed E-state index contributed by atoms with van der Waals surface area (Å²) in [6.07, 6.45) is 0. The molecule has 0 aliphatic heterocycles. The molecule has 6 atom stereocenters. The van der Waals surface area contributed by atoms with Gasteiger partial charge < -0.3 is 0 Å². The maximum absolute atomic E-state index is 11.6. The van der Waals surface area contributed by atoms with Crippen molar-refractivity contribution in [2.45, 2.75) is 0 Å². The molecule has 6 unspecified atom stereocenters. The fraction of sp³-hybridized carbons (Fsp3) is 0.800. The first kappa shape index (κ1) is 5.01. The van der Waals surface area contributed by atoms with Crippen molar-refractivity contribution in [3.63, 3.8) is 0 Å². The van der Waals surface area contributed by atoms with Gasteiger partial charge in [0.2, 0.25) is 0 Å².